The van der Waals surface area contributed by atoms with Crippen molar-refractivity contribution in [2.75, 3.05) is 32.7 Å². The van der Waals surface area contributed by atoms with Crippen molar-refractivity contribution in [3.63, 3.8) is 0 Å². The smallest absolute Gasteiger partial charge is 0.210 e. The summed E-state index contributed by atoms with van der Waals surface area (Å²) in [6, 6.07) is 0. The van der Waals surface area contributed by atoms with Crippen molar-refractivity contribution < 1.29 is 4.79 Å². The molecular formula is C9H17N3O. The van der Waals surface area contributed by atoms with Gasteiger partial charge in [-0.05, 0) is 12.8 Å². The molecule has 0 aromatic rings. The van der Waals surface area contributed by atoms with Crippen LogP contribution in [0, 0.1) is 0 Å². The third kappa shape index (κ3) is 1.84. The van der Waals surface area contributed by atoms with Crippen molar-refractivity contribution in [1.29, 1.82) is 0 Å². The van der Waals surface area contributed by atoms with Crippen molar-refractivity contribution in [3.8, 4) is 0 Å². The van der Waals surface area contributed by atoms with Gasteiger partial charge in [-0.1, -0.05) is 0 Å². The van der Waals surface area contributed by atoms with Gasteiger partial charge in [0.15, 0.2) is 0 Å². The van der Waals surface area contributed by atoms with Gasteiger partial charge in [0, 0.05) is 32.7 Å². The van der Waals surface area contributed by atoms with Crippen LogP contribution in [0.4, 0.5) is 0 Å². The van der Waals surface area contributed by atoms with E-state index in [1.807, 2.05) is 4.90 Å². The van der Waals surface area contributed by atoms with Crippen LogP contribution in [0.25, 0.3) is 0 Å². The maximum atomic E-state index is 10.7. The predicted octanol–water partition coefficient (Wildman–Crippen LogP) is -0.530. The van der Waals surface area contributed by atoms with Gasteiger partial charge >= 0.3 is 0 Å². The maximum Gasteiger partial charge on any atom is 0.210 e. The standard InChI is InChI=1S/C9H17N3O/c13-8-12-5-1-2-9(12)11-6-3-10-4-7-11/h8-10H,1-7H2. The monoisotopic (exact) mass is 183 g/mol. The molecule has 0 aliphatic carbocycles. The summed E-state index contributed by atoms with van der Waals surface area (Å²) >= 11 is 0. The fraction of sp³-hybridized carbons (Fsp3) is 0.889. The molecular weight excluding hydrogens is 166 g/mol. The second kappa shape index (κ2) is 4.07. The Kier molecular flexibility index (Phi) is 2.80. The largest absolute Gasteiger partial charge is 0.330 e. The first kappa shape index (κ1) is 8.97. The Morgan fingerprint density at radius 2 is 2.00 bits per heavy atom. The molecule has 1 N–H and O–H groups in total. The molecule has 13 heavy (non-hydrogen) atoms. The summed E-state index contributed by atoms with van der Waals surface area (Å²) in [6.07, 6.45) is 3.70. The van der Waals surface area contributed by atoms with Crippen LogP contribution in [0.15, 0.2) is 0 Å². The lowest BCUT2D eigenvalue weighted by atomic mass is 10.2. The molecule has 2 aliphatic heterocycles. The van der Waals surface area contributed by atoms with Crippen molar-refractivity contribution in [3.05, 3.63) is 0 Å². The van der Waals surface area contributed by atoms with Crippen LogP contribution < -0.4 is 5.32 Å². The van der Waals surface area contributed by atoms with Crippen LogP contribution in [-0.4, -0.2) is 55.1 Å². The number of carbonyl (C=O) groups is 1. The minimum absolute atomic E-state index is 0.389. The summed E-state index contributed by atoms with van der Waals surface area (Å²) in [6.45, 7) is 5.22. The normalized spacial score (nSPS) is 30.8. The zero-order valence-electron chi connectivity index (χ0n) is 7.91. The van der Waals surface area contributed by atoms with Gasteiger partial charge in [-0.15, -0.1) is 0 Å². The van der Waals surface area contributed by atoms with Gasteiger partial charge in [0.2, 0.25) is 6.41 Å². The molecule has 1 unspecified atom stereocenters. The van der Waals surface area contributed by atoms with Gasteiger partial charge in [-0.3, -0.25) is 9.69 Å². The second-order valence-electron chi connectivity index (χ2n) is 3.75. The average Bonchev–Trinajstić information content (AvgIpc) is 2.67. The van der Waals surface area contributed by atoms with Gasteiger partial charge in [0.05, 0.1) is 6.17 Å². The van der Waals surface area contributed by atoms with E-state index in [4.69, 9.17) is 0 Å². The van der Waals surface area contributed by atoms with Gasteiger partial charge in [-0.2, -0.15) is 0 Å². The Bertz CT molecular complexity index is 180. The number of piperazine rings is 1. The molecule has 0 bridgehead atoms. The third-order valence-corrected chi connectivity index (χ3v) is 2.97. The SMILES string of the molecule is O=CN1CCCC1N1CCNCC1. The molecule has 0 radical (unpaired) electrons. The van der Waals surface area contributed by atoms with E-state index >= 15 is 0 Å². The Morgan fingerprint density at radius 3 is 2.69 bits per heavy atom. The van der Waals surface area contributed by atoms with Crippen molar-refractivity contribution >= 4 is 6.41 Å². The zero-order valence-corrected chi connectivity index (χ0v) is 7.91. The van der Waals surface area contributed by atoms with Gasteiger partial charge in [-0.25, -0.2) is 0 Å². The number of nitrogens with zero attached hydrogens (tertiary/aromatic N) is 2. The number of nitrogens with one attached hydrogen (secondary N) is 1. The summed E-state index contributed by atoms with van der Waals surface area (Å²) in [4.78, 5) is 15.1. The molecule has 2 aliphatic rings. The summed E-state index contributed by atoms with van der Waals surface area (Å²) in [5.74, 6) is 0. The van der Waals surface area contributed by atoms with E-state index in [0.29, 0.717) is 6.17 Å². The van der Waals surface area contributed by atoms with E-state index < -0.39 is 0 Å². The van der Waals surface area contributed by atoms with Gasteiger partial charge in [0.25, 0.3) is 0 Å². The molecule has 2 heterocycles. The Morgan fingerprint density at radius 1 is 1.23 bits per heavy atom. The number of hydrogen-bond acceptors (Lipinski definition) is 3. The molecule has 4 nitrogen and oxygen atoms in total. The van der Waals surface area contributed by atoms with Crippen LogP contribution >= 0.6 is 0 Å². The Labute approximate surface area is 78.9 Å². The quantitative estimate of drug-likeness (QED) is 0.585. The zero-order chi connectivity index (χ0) is 9.10. The number of amides is 1. The van der Waals surface area contributed by atoms with Crippen LogP contribution in [0.2, 0.25) is 0 Å². The Hall–Kier alpha value is -0.610. The van der Waals surface area contributed by atoms with E-state index in [9.17, 15) is 4.79 Å². The highest BCUT2D eigenvalue weighted by Gasteiger charge is 2.29. The highest BCUT2D eigenvalue weighted by Crippen LogP contribution is 2.18. The van der Waals surface area contributed by atoms with Crippen LogP contribution in [-0.2, 0) is 4.79 Å². The van der Waals surface area contributed by atoms with Crippen LogP contribution in [0.5, 0.6) is 0 Å². The number of hydrogen-bond donors (Lipinski definition) is 1. The minimum atomic E-state index is 0.389. The number of rotatable bonds is 2. The number of likely N-dealkylation sites (tertiary alicyclic amines) is 1. The fourth-order valence-electron chi connectivity index (χ4n) is 2.27. The minimum Gasteiger partial charge on any atom is -0.330 e. The van der Waals surface area contributed by atoms with E-state index in [0.717, 1.165) is 52.0 Å². The lowest BCUT2D eigenvalue weighted by Crippen LogP contribution is -2.52. The van der Waals surface area contributed by atoms with Crippen LogP contribution in [0.1, 0.15) is 12.8 Å². The first-order chi connectivity index (χ1) is 6.42. The molecule has 2 saturated heterocycles. The van der Waals surface area contributed by atoms with E-state index in [1.165, 1.54) is 0 Å². The molecule has 0 saturated carbocycles. The van der Waals surface area contributed by atoms with Crippen LogP contribution in [0.3, 0.4) is 0 Å². The van der Waals surface area contributed by atoms with E-state index in [2.05, 4.69) is 10.2 Å². The maximum absolute atomic E-state index is 10.7. The average molecular weight is 183 g/mol. The second-order valence-corrected chi connectivity index (χ2v) is 3.75. The Balaban J connectivity index is 1.93. The molecule has 1 atom stereocenters. The summed E-state index contributed by atoms with van der Waals surface area (Å²) < 4.78 is 0. The lowest BCUT2D eigenvalue weighted by molar-refractivity contribution is -0.122. The molecule has 0 spiro atoms. The summed E-state index contributed by atoms with van der Waals surface area (Å²) in [5, 5.41) is 3.32. The topological polar surface area (TPSA) is 35.6 Å². The molecule has 4 heteroatoms. The highest BCUT2D eigenvalue weighted by atomic mass is 16.1. The van der Waals surface area contributed by atoms with Crippen molar-refractivity contribution in [2.24, 2.45) is 0 Å². The van der Waals surface area contributed by atoms with Crippen molar-refractivity contribution in [2.45, 2.75) is 19.0 Å². The van der Waals surface area contributed by atoms with Crippen molar-refractivity contribution in [1.82, 2.24) is 15.1 Å². The predicted molar refractivity (Wildman–Crippen MR) is 50.2 cm³/mol. The van der Waals surface area contributed by atoms with E-state index in [1.54, 1.807) is 0 Å². The first-order valence-electron chi connectivity index (χ1n) is 5.07. The van der Waals surface area contributed by atoms with Gasteiger partial charge < -0.3 is 10.2 Å². The molecule has 2 rings (SSSR count). The lowest BCUT2D eigenvalue weighted by Gasteiger charge is -2.36. The molecule has 2 fully saturated rings. The van der Waals surface area contributed by atoms with Gasteiger partial charge in [0.1, 0.15) is 0 Å². The highest BCUT2D eigenvalue weighted by molar-refractivity contribution is 5.48. The fourth-order valence-corrected chi connectivity index (χ4v) is 2.27. The summed E-state index contributed by atoms with van der Waals surface area (Å²) in [5.41, 5.74) is 0. The molecule has 0 aromatic carbocycles. The molecule has 1 amide bonds. The number of carbonyl (C=O) groups excluding carboxylic acids is 1. The molecule has 0 aromatic heterocycles. The van der Waals surface area contributed by atoms with E-state index in [-0.39, 0.29) is 0 Å². The first-order valence-corrected chi connectivity index (χ1v) is 5.07. The summed E-state index contributed by atoms with van der Waals surface area (Å²) in [7, 11) is 0. The molecule has 74 valence electrons. The third-order valence-electron chi connectivity index (χ3n) is 2.97.